The summed E-state index contributed by atoms with van der Waals surface area (Å²) in [5.74, 6) is 2.98. The summed E-state index contributed by atoms with van der Waals surface area (Å²) in [5.41, 5.74) is 4.29. The highest BCUT2D eigenvalue weighted by molar-refractivity contribution is 6.63. The van der Waals surface area contributed by atoms with Crippen LogP contribution in [0.3, 0.4) is 0 Å². The zero-order valence-corrected chi connectivity index (χ0v) is 12.7. The summed E-state index contributed by atoms with van der Waals surface area (Å²) in [6.07, 6.45) is 11.0. The minimum atomic E-state index is -0.502. The van der Waals surface area contributed by atoms with Crippen LogP contribution in [0.25, 0.3) is 0 Å². The van der Waals surface area contributed by atoms with Crippen LogP contribution in [-0.4, -0.2) is 25.3 Å². The van der Waals surface area contributed by atoms with Gasteiger partial charge in [-0.3, -0.25) is 0 Å². The maximum absolute atomic E-state index is 4.68. The van der Waals surface area contributed by atoms with Crippen LogP contribution < -0.4 is 0 Å². The second-order valence-electron chi connectivity index (χ2n) is 5.79. The number of benzene rings is 1. The van der Waals surface area contributed by atoms with Gasteiger partial charge in [0, 0.05) is 18.1 Å². The van der Waals surface area contributed by atoms with E-state index in [0.717, 1.165) is 18.2 Å². The highest BCUT2D eigenvalue weighted by Gasteiger charge is 2.19. The van der Waals surface area contributed by atoms with Crippen molar-refractivity contribution in [1.82, 2.24) is 0 Å². The van der Waals surface area contributed by atoms with E-state index in [4.69, 9.17) is 0 Å². The topological polar surface area (TPSA) is 12.4 Å². The van der Waals surface area contributed by atoms with Crippen LogP contribution in [0, 0.1) is 0 Å². The molecule has 2 aliphatic rings. The molecule has 1 aliphatic carbocycles. The van der Waals surface area contributed by atoms with Crippen molar-refractivity contribution in [3.8, 4) is 0 Å². The Kier molecular flexibility index (Phi) is 4.01. The summed E-state index contributed by atoms with van der Waals surface area (Å²) in [6, 6.07) is 9.16. The predicted octanol–water partition coefficient (Wildman–Crippen LogP) is 3.95. The molecule has 0 amide bonds. The lowest BCUT2D eigenvalue weighted by atomic mass is 9.91. The van der Waals surface area contributed by atoms with Gasteiger partial charge in [0.1, 0.15) is 0 Å². The van der Waals surface area contributed by atoms with Crippen molar-refractivity contribution in [2.75, 3.05) is 5.41 Å². The molecule has 1 aromatic carbocycles. The van der Waals surface area contributed by atoms with E-state index in [0.29, 0.717) is 5.92 Å². The number of hydrogen-bond donors (Lipinski definition) is 0. The molecule has 0 radical (unpaired) electrons. The molecule has 1 atom stereocenters. The Balaban J connectivity index is 1.66. The van der Waals surface area contributed by atoms with E-state index in [1.54, 1.807) is 0 Å². The van der Waals surface area contributed by atoms with E-state index in [9.17, 15) is 0 Å². The summed E-state index contributed by atoms with van der Waals surface area (Å²) >= 11 is -0.502. The zero-order chi connectivity index (χ0) is 13.1. The van der Waals surface area contributed by atoms with Crippen molar-refractivity contribution in [2.24, 2.45) is 4.99 Å². The third kappa shape index (κ3) is 3.27. The van der Waals surface area contributed by atoms with E-state index < -0.39 is 14.1 Å². The maximum Gasteiger partial charge on any atom is 0.296 e. The fourth-order valence-corrected chi connectivity index (χ4v) is 4.67. The number of allylic oxidation sites excluding steroid dienone is 4. The van der Waals surface area contributed by atoms with Gasteiger partial charge in [-0.1, -0.05) is 53.9 Å². The summed E-state index contributed by atoms with van der Waals surface area (Å²) in [7, 11) is 0. The normalized spacial score (nSPS) is 21.8. The number of aliphatic imine (C=N–C) groups is 1. The van der Waals surface area contributed by atoms with Gasteiger partial charge >= 0.3 is 0 Å². The fourth-order valence-electron chi connectivity index (χ4n) is 2.89. The average molecular weight is 265 g/mol. The molecule has 1 aromatic rings. The summed E-state index contributed by atoms with van der Waals surface area (Å²) in [4.78, 5) is 4.68. The lowest BCUT2D eigenvalue weighted by Crippen LogP contribution is -2.08. The molecule has 1 aliphatic heterocycles. The molecule has 19 heavy (non-hydrogen) atoms. The molecule has 1 nitrogen and oxygen atoms in total. The van der Waals surface area contributed by atoms with Crippen LogP contribution in [0.4, 0.5) is 0 Å². The van der Waals surface area contributed by atoms with Gasteiger partial charge in [-0.2, -0.15) is 0 Å². The van der Waals surface area contributed by atoms with Gasteiger partial charge in [-0.05, 0) is 23.0 Å². The minimum absolute atomic E-state index is 0.502. The highest BCUT2D eigenvalue weighted by Crippen LogP contribution is 2.25. The second kappa shape index (κ2) is 5.91. The Morgan fingerprint density at radius 1 is 1.21 bits per heavy atom. The number of rotatable bonds is 3. The van der Waals surface area contributed by atoms with Gasteiger partial charge in [0.2, 0.25) is 0 Å². The average Bonchev–Trinajstić information content (AvgIpc) is 2.86. The Morgan fingerprint density at radius 3 is 2.68 bits per heavy atom. The quantitative estimate of drug-likeness (QED) is 0.734. The molecule has 0 saturated heterocycles. The maximum atomic E-state index is 4.68. The molecule has 1 heterocycles. The first-order valence-corrected chi connectivity index (χ1v) is 10.0. The van der Waals surface area contributed by atoms with Crippen LogP contribution in [-0.2, 0) is 6.42 Å². The first kappa shape index (κ1) is 12.9. The largest absolute Gasteiger partial charge is 0.310 e. The van der Waals surface area contributed by atoms with Crippen molar-refractivity contribution in [1.29, 1.82) is 0 Å². The minimum Gasteiger partial charge on any atom is -0.310 e. The Bertz CT molecular complexity index is 525. The Hall–Kier alpha value is -1.10. The molecular weight excluding hydrogens is 245 g/mol. The van der Waals surface area contributed by atoms with Gasteiger partial charge in [-0.25, -0.2) is 0 Å². The molecule has 0 aromatic heterocycles. The molecule has 3 rings (SSSR count). The van der Waals surface area contributed by atoms with E-state index in [2.05, 4.69) is 59.3 Å². The molecule has 0 saturated carbocycles. The standard InChI is InChI=1S/C16H17N.CH3.Al/c1-13(17-2)12-14-8-10-16(11-9-14)15-6-4-3-5-7-15;;/h3-6,8-11,15H,1-2,7,12H2;1H3;. The van der Waals surface area contributed by atoms with E-state index in [1.165, 1.54) is 22.1 Å². The Morgan fingerprint density at radius 2 is 2.05 bits per heavy atom. The molecule has 96 valence electrons. The number of hydrogen-bond acceptors (Lipinski definition) is 1. The van der Waals surface area contributed by atoms with Crippen LogP contribution in [0.2, 0.25) is 11.1 Å². The lowest BCUT2D eigenvalue weighted by molar-refractivity contribution is 0.853. The van der Waals surface area contributed by atoms with Gasteiger partial charge in [-0.15, -0.1) is 5.79 Å². The smallest absolute Gasteiger partial charge is 0.296 e. The van der Waals surface area contributed by atoms with Crippen molar-refractivity contribution >= 4 is 19.9 Å². The summed E-state index contributed by atoms with van der Waals surface area (Å²) in [5, 5.41) is 2.48. The second-order valence-corrected chi connectivity index (χ2v) is 8.77. The molecule has 0 bridgehead atoms. The predicted molar refractivity (Wildman–Crippen MR) is 84.5 cm³/mol. The molecule has 0 spiro atoms. The van der Waals surface area contributed by atoms with Crippen molar-refractivity contribution in [3.05, 3.63) is 59.7 Å². The van der Waals surface area contributed by atoms with Crippen LogP contribution in [0.5, 0.6) is 0 Å². The molecule has 0 N–H and O–H groups in total. The number of nitrogens with zero attached hydrogens (tertiary/aromatic N) is 1. The van der Waals surface area contributed by atoms with E-state index in [-0.39, 0.29) is 0 Å². The van der Waals surface area contributed by atoms with Gasteiger partial charge < -0.3 is 4.99 Å². The zero-order valence-electron chi connectivity index (χ0n) is 11.5. The lowest BCUT2D eigenvalue weighted by Gasteiger charge is -2.14. The van der Waals surface area contributed by atoms with E-state index >= 15 is 0 Å². The van der Waals surface area contributed by atoms with Crippen LogP contribution in [0.1, 0.15) is 23.5 Å². The molecule has 1 unspecified atom stereocenters. The van der Waals surface area contributed by atoms with Crippen LogP contribution in [0.15, 0.2) is 53.6 Å². The Labute approximate surface area is 120 Å². The van der Waals surface area contributed by atoms with E-state index in [1.807, 2.05) is 0 Å². The van der Waals surface area contributed by atoms with Crippen LogP contribution >= 0.6 is 0 Å². The van der Waals surface area contributed by atoms with Gasteiger partial charge in [0.15, 0.2) is 0 Å². The summed E-state index contributed by atoms with van der Waals surface area (Å²) in [6.45, 7) is 0. The molecule has 0 fully saturated rings. The third-order valence-corrected chi connectivity index (χ3v) is 5.98. The van der Waals surface area contributed by atoms with Gasteiger partial charge in [0.25, 0.3) is 14.1 Å². The van der Waals surface area contributed by atoms with Gasteiger partial charge in [0.05, 0.1) is 0 Å². The third-order valence-electron chi connectivity index (χ3n) is 4.01. The monoisotopic (exact) mass is 265 g/mol. The van der Waals surface area contributed by atoms with Crippen molar-refractivity contribution in [2.45, 2.75) is 29.8 Å². The summed E-state index contributed by atoms with van der Waals surface area (Å²) < 4.78 is 0. The van der Waals surface area contributed by atoms with Crippen molar-refractivity contribution < 1.29 is 0 Å². The first-order valence-electron chi connectivity index (χ1n) is 7.25. The molecular formula is C17H20AlN. The van der Waals surface area contributed by atoms with Crippen molar-refractivity contribution in [3.63, 3.8) is 0 Å². The first-order chi connectivity index (χ1) is 9.31. The SMILES string of the molecule is [CH3][Al]1[CH2]N=C(Cc2ccc(C3C=CC=CC3)cc2)[CH2]1. The highest BCUT2D eigenvalue weighted by atomic mass is 27.2. The fraction of sp³-hybridized carbons (Fsp3) is 0.353. The molecule has 2 heteroatoms.